The minimum absolute atomic E-state index is 0.113. The van der Waals surface area contributed by atoms with Gasteiger partial charge in [-0.15, -0.1) is 0 Å². The normalized spacial score (nSPS) is 12.4. The summed E-state index contributed by atoms with van der Waals surface area (Å²) in [5.41, 5.74) is 6.56. The molecule has 0 unspecified atom stereocenters. The van der Waals surface area contributed by atoms with Crippen molar-refractivity contribution in [3.63, 3.8) is 0 Å². The Labute approximate surface area is 214 Å². The summed E-state index contributed by atoms with van der Waals surface area (Å²) >= 11 is 0. The largest absolute Gasteiger partial charge is 0.380 e. The third kappa shape index (κ3) is 12.5. The molecule has 198 valence electrons. The van der Waals surface area contributed by atoms with Crippen molar-refractivity contribution in [2.45, 2.75) is 51.5 Å². The van der Waals surface area contributed by atoms with Crippen LogP contribution in [0.15, 0.2) is 24.3 Å². The maximum absolute atomic E-state index is 13.1. The number of carbonyl (C=O) groups is 4. The smallest absolute Gasteiger partial charge is 0.312 e. The summed E-state index contributed by atoms with van der Waals surface area (Å²) in [6.45, 7) is 5.25. The molecule has 0 aliphatic rings. The number of rotatable bonds is 17. The van der Waals surface area contributed by atoms with E-state index in [9.17, 15) is 19.2 Å². The highest BCUT2D eigenvalue weighted by molar-refractivity contribution is 6.08. The van der Waals surface area contributed by atoms with E-state index >= 15 is 0 Å². The molecule has 7 N–H and O–H groups in total. The monoisotopic (exact) mass is 502 g/mol. The molecule has 0 bridgehead atoms. The summed E-state index contributed by atoms with van der Waals surface area (Å²) in [7, 11) is 7.42. The molecule has 0 heterocycles. The third-order valence-electron chi connectivity index (χ3n) is 5.29. The number of primary amides is 1. The number of benzene rings is 1. The van der Waals surface area contributed by atoms with Crippen LogP contribution in [-0.4, -0.2) is 77.0 Å². The maximum Gasteiger partial charge on any atom is 0.312 e. The third-order valence-corrected chi connectivity index (χ3v) is 5.29. The molecule has 11 nitrogen and oxygen atoms in total. The average molecular weight is 502 g/mol. The Morgan fingerprint density at radius 1 is 1.00 bits per heavy atom. The van der Waals surface area contributed by atoms with Gasteiger partial charge in [0.1, 0.15) is 12.1 Å². The quantitative estimate of drug-likeness (QED) is 0.130. The highest BCUT2D eigenvalue weighted by atomic mass is 16.5. The van der Waals surface area contributed by atoms with Gasteiger partial charge in [-0.3, -0.25) is 14.4 Å². The topological polar surface area (TPSA) is 164 Å². The molecule has 0 spiro atoms. The van der Waals surface area contributed by atoms with Gasteiger partial charge in [-0.05, 0) is 37.9 Å². The van der Waals surface area contributed by atoms with Crippen molar-refractivity contribution in [2.75, 3.05) is 38.7 Å². The minimum Gasteiger partial charge on any atom is -0.380 e. The standard InChI is InChI=1S/C24H39BN6O5/c1-16(2)21(31-20(32)10-13-36-14-12-27-3)23(34)30-19(5-4-11-28-24(26)35)22(33)29-18-8-6-17(15-25)7-9-18/h6-9,16,19,21,27H,4-5,10-15H2,1-3H3,(H,29,33)(H,30,34)(H,31,32)(H3,26,28,35)/t19-,21-/m0/s1. The summed E-state index contributed by atoms with van der Waals surface area (Å²) in [4.78, 5) is 49.4. The zero-order valence-electron chi connectivity index (χ0n) is 21.4. The predicted octanol–water partition coefficient (Wildman–Crippen LogP) is -0.00620. The van der Waals surface area contributed by atoms with Gasteiger partial charge in [0.25, 0.3) is 0 Å². The molecule has 0 aromatic heterocycles. The van der Waals surface area contributed by atoms with Crippen molar-refractivity contribution in [3.8, 4) is 0 Å². The highest BCUT2D eigenvalue weighted by Crippen LogP contribution is 2.12. The second-order valence-corrected chi connectivity index (χ2v) is 8.64. The number of amides is 5. The van der Waals surface area contributed by atoms with Crippen LogP contribution >= 0.6 is 0 Å². The first-order valence-electron chi connectivity index (χ1n) is 12.1. The fourth-order valence-electron chi connectivity index (χ4n) is 3.22. The van der Waals surface area contributed by atoms with Crippen LogP contribution in [0.25, 0.3) is 0 Å². The number of nitrogens with two attached hydrogens (primary N) is 1. The molecule has 2 atom stereocenters. The molecule has 2 radical (unpaired) electrons. The van der Waals surface area contributed by atoms with Gasteiger partial charge in [0.15, 0.2) is 0 Å². The molecule has 5 amide bonds. The molecule has 0 aliphatic carbocycles. The van der Waals surface area contributed by atoms with Crippen LogP contribution in [0.1, 0.15) is 38.7 Å². The van der Waals surface area contributed by atoms with Crippen molar-refractivity contribution in [3.05, 3.63) is 29.8 Å². The molecule has 12 heteroatoms. The Hall–Kier alpha value is -3.12. The van der Waals surface area contributed by atoms with Crippen LogP contribution in [0.4, 0.5) is 10.5 Å². The van der Waals surface area contributed by atoms with Gasteiger partial charge in [0.05, 0.1) is 21.1 Å². The lowest BCUT2D eigenvalue weighted by molar-refractivity contribution is -0.132. The lowest BCUT2D eigenvalue weighted by Crippen LogP contribution is -2.54. The van der Waals surface area contributed by atoms with E-state index in [0.29, 0.717) is 31.6 Å². The van der Waals surface area contributed by atoms with Crippen LogP contribution in [0.2, 0.25) is 0 Å². The summed E-state index contributed by atoms with van der Waals surface area (Å²) in [5.74, 6) is -1.44. The van der Waals surface area contributed by atoms with Gasteiger partial charge in [-0.25, -0.2) is 4.79 Å². The van der Waals surface area contributed by atoms with Gasteiger partial charge >= 0.3 is 6.03 Å². The second-order valence-electron chi connectivity index (χ2n) is 8.64. The zero-order valence-corrected chi connectivity index (χ0v) is 21.4. The molecule has 0 saturated heterocycles. The number of carbonyl (C=O) groups excluding carboxylic acids is 4. The molecule has 0 aliphatic heterocycles. The first-order valence-corrected chi connectivity index (χ1v) is 12.1. The van der Waals surface area contributed by atoms with Crippen LogP contribution < -0.4 is 32.3 Å². The number of nitrogens with one attached hydrogen (secondary N) is 5. The van der Waals surface area contributed by atoms with Crippen molar-refractivity contribution >= 4 is 37.3 Å². The number of ether oxygens (including phenoxy) is 1. The Morgan fingerprint density at radius 3 is 2.28 bits per heavy atom. The van der Waals surface area contributed by atoms with E-state index in [4.69, 9.17) is 18.3 Å². The summed E-state index contributed by atoms with van der Waals surface area (Å²) in [6, 6.07) is 4.64. The average Bonchev–Trinajstić information content (AvgIpc) is 2.84. The summed E-state index contributed by atoms with van der Waals surface area (Å²) in [5, 5.41) is 13.7. The van der Waals surface area contributed by atoms with Gasteiger partial charge in [0, 0.05) is 25.2 Å². The van der Waals surface area contributed by atoms with Crippen LogP contribution in [0.3, 0.4) is 0 Å². The van der Waals surface area contributed by atoms with Crippen molar-refractivity contribution < 1.29 is 23.9 Å². The number of hydrogen-bond donors (Lipinski definition) is 6. The molecule has 36 heavy (non-hydrogen) atoms. The molecule has 1 aromatic carbocycles. The van der Waals surface area contributed by atoms with Crippen LogP contribution in [0, 0.1) is 5.92 Å². The maximum atomic E-state index is 13.1. The molecule has 0 saturated carbocycles. The van der Waals surface area contributed by atoms with Gasteiger partial charge in [0.2, 0.25) is 17.7 Å². The molecule has 1 rings (SSSR count). The van der Waals surface area contributed by atoms with E-state index in [1.807, 2.05) is 0 Å². The van der Waals surface area contributed by atoms with Crippen molar-refractivity contribution in [1.82, 2.24) is 21.3 Å². The van der Waals surface area contributed by atoms with Crippen molar-refractivity contribution in [1.29, 1.82) is 0 Å². The first kappa shape index (κ1) is 30.9. The predicted molar refractivity (Wildman–Crippen MR) is 139 cm³/mol. The highest BCUT2D eigenvalue weighted by Gasteiger charge is 2.28. The number of urea groups is 1. The SMILES string of the molecule is [B]Cc1ccc(NC(=O)[C@H](CCCNC(N)=O)NC(=O)[C@@H](NC(=O)CCOCCNC)C(C)C)cc1. The fraction of sp³-hybridized carbons (Fsp3) is 0.583. The number of likely N-dealkylation sites (N-methyl/N-ethyl adjacent to an activating group) is 1. The number of anilines is 1. The number of hydrogen-bond acceptors (Lipinski definition) is 6. The van der Waals surface area contributed by atoms with Gasteiger partial charge in [-0.2, -0.15) is 0 Å². The minimum atomic E-state index is -0.899. The Morgan fingerprint density at radius 2 is 1.69 bits per heavy atom. The van der Waals surface area contributed by atoms with E-state index in [-0.39, 0.29) is 37.8 Å². The van der Waals surface area contributed by atoms with E-state index < -0.39 is 29.9 Å². The first-order chi connectivity index (χ1) is 17.2. The summed E-state index contributed by atoms with van der Waals surface area (Å²) < 4.78 is 5.36. The Kier molecular flexibility index (Phi) is 14.9. The van der Waals surface area contributed by atoms with Crippen molar-refractivity contribution in [2.24, 2.45) is 11.7 Å². The zero-order chi connectivity index (χ0) is 26.9. The molecular formula is C24H39BN6O5. The van der Waals surface area contributed by atoms with E-state index in [1.54, 1.807) is 45.2 Å². The van der Waals surface area contributed by atoms with Crippen LogP contribution in [-0.2, 0) is 25.4 Å². The fourth-order valence-corrected chi connectivity index (χ4v) is 3.22. The summed E-state index contributed by atoms with van der Waals surface area (Å²) in [6.07, 6.45) is 1.14. The lowest BCUT2D eigenvalue weighted by Gasteiger charge is -2.25. The lowest BCUT2D eigenvalue weighted by atomic mass is 9.97. The van der Waals surface area contributed by atoms with E-state index in [2.05, 4.69) is 26.6 Å². The van der Waals surface area contributed by atoms with Gasteiger partial charge < -0.3 is 37.1 Å². The molecular weight excluding hydrogens is 463 g/mol. The Bertz CT molecular complexity index is 837. The molecule has 0 fully saturated rings. The Balaban J connectivity index is 2.81. The van der Waals surface area contributed by atoms with Crippen LogP contribution in [0.5, 0.6) is 0 Å². The van der Waals surface area contributed by atoms with E-state index in [0.717, 1.165) is 5.56 Å². The van der Waals surface area contributed by atoms with E-state index in [1.165, 1.54) is 0 Å². The second kappa shape index (κ2) is 17.3. The van der Waals surface area contributed by atoms with Gasteiger partial charge in [-0.1, -0.05) is 37.9 Å². The molecule has 1 aromatic rings.